The number of rotatable bonds is 2. The fraction of sp³-hybridized carbons (Fsp3) is 0.214. The van der Waals surface area contributed by atoms with E-state index in [1.807, 2.05) is 30.3 Å². The van der Waals surface area contributed by atoms with E-state index in [4.69, 9.17) is 0 Å². The van der Waals surface area contributed by atoms with Gasteiger partial charge in [-0.3, -0.25) is 4.79 Å². The molecule has 5 heteroatoms. The number of benzene rings is 1. The lowest BCUT2D eigenvalue weighted by molar-refractivity contribution is 0.880. The number of aromatic amines is 1. The number of nitrogens with one attached hydrogen (secondary N) is 1. The Bertz CT molecular complexity index is 799. The molecule has 1 aliphatic rings. The fourth-order valence-electron chi connectivity index (χ4n) is 2.41. The van der Waals surface area contributed by atoms with Crippen molar-refractivity contribution in [3.63, 3.8) is 0 Å². The van der Waals surface area contributed by atoms with Gasteiger partial charge in [0.15, 0.2) is 0 Å². The van der Waals surface area contributed by atoms with Gasteiger partial charge in [0.1, 0.15) is 5.52 Å². The van der Waals surface area contributed by atoms with Crippen molar-refractivity contribution >= 4 is 10.9 Å². The van der Waals surface area contributed by atoms with Crippen molar-refractivity contribution in [3.05, 3.63) is 52.6 Å². The van der Waals surface area contributed by atoms with Crippen LogP contribution in [0.1, 0.15) is 24.5 Å². The molecule has 0 radical (unpaired) electrons. The molecule has 2 heterocycles. The van der Waals surface area contributed by atoms with Gasteiger partial charge in [-0.2, -0.15) is 10.2 Å². The molecule has 1 N–H and O–H groups in total. The van der Waals surface area contributed by atoms with E-state index in [1.165, 1.54) is 0 Å². The van der Waals surface area contributed by atoms with Crippen LogP contribution < -0.4 is 5.56 Å². The summed E-state index contributed by atoms with van der Waals surface area (Å²) >= 11 is 0. The van der Waals surface area contributed by atoms with Gasteiger partial charge in [0.2, 0.25) is 0 Å². The molecule has 0 amide bonds. The number of fused-ring (bicyclic) bond motifs is 1. The maximum absolute atomic E-state index is 12.1. The summed E-state index contributed by atoms with van der Waals surface area (Å²) in [5.74, 6) is 0.479. The van der Waals surface area contributed by atoms with E-state index < -0.39 is 0 Å². The van der Waals surface area contributed by atoms with E-state index in [1.54, 1.807) is 10.9 Å². The topological polar surface area (TPSA) is 63.6 Å². The molecule has 4 rings (SSSR count). The molecular formula is C14H12N4O. The SMILES string of the molecule is O=c1[nH]nc(C2CC2)c2cnn(-c3ccccc3)c12. The highest BCUT2D eigenvalue weighted by Gasteiger charge is 2.29. The van der Waals surface area contributed by atoms with Gasteiger partial charge in [-0.15, -0.1) is 0 Å². The number of para-hydroxylation sites is 1. The second-order valence-electron chi connectivity index (χ2n) is 4.87. The van der Waals surface area contributed by atoms with Crippen molar-refractivity contribution in [1.29, 1.82) is 0 Å². The number of hydrogen-bond acceptors (Lipinski definition) is 3. The summed E-state index contributed by atoms with van der Waals surface area (Å²) in [6, 6.07) is 9.67. The molecule has 1 saturated carbocycles. The third kappa shape index (κ3) is 1.58. The van der Waals surface area contributed by atoms with Gasteiger partial charge in [-0.25, -0.2) is 9.78 Å². The molecule has 94 valence electrons. The van der Waals surface area contributed by atoms with Crippen molar-refractivity contribution in [2.75, 3.05) is 0 Å². The molecule has 0 atom stereocenters. The lowest BCUT2D eigenvalue weighted by Gasteiger charge is -2.03. The molecule has 0 unspecified atom stereocenters. The fourth-order valence-corrected chi connectivity index (χ4v) is 2.41. The van der Waals surface area contributed by atoms with Crippen LogP contribution in [0.5, 0.6) is 0 Å². The smallest absolute Gasteiger partial charge is 0.266 e. The number of nitrogens with zero attached hydrogens (tertiary/aromatic N) is 3. The van der Waals surface area contributed by atoms with Gasteiger partial charge in [-0.1, -0.05) is 18.2 Å². The summed E-state index contributed by atoms with van der Waals surface area (Å²) in [7, 11) is 0. The van der Waals surface area contributed by atoms with Gasteiger partial charge in [0, 0.05) is 11.3 Å². The van der Waals surface area contributed by atoms with Crippen molar-refractivity contribution < 1.29 is 0 Å². The van der Waals surface area contributed by atoms with E-state index in [2.05, 4.69) is 15.3 Å². The van der Waals surface area contributed by atoms with Crippen LogP contribution in [0.3, 0.4) is 0 Å². The lowest BCUT2D eigenvalue weighted by atomic mass is 10.2. The summed E-state index contributed by atoms with van der Waals surface area (Å²) in [4.78, 5) is 12.1. The minimum atomic E-state index is -0.194. The number of H-pyrrole nitrogens is 1. The summed E-state index contributed by atoms with van der Waals surface area (Å²) in [5, 5.41) is 12.0. The van der Waals surface area contributed by atoms with Gasteiger partial charge < -0.3 is 0 Å². The molecule has 0 spiro atoms. The zero-order valence-electron chi connectivity index (χ0n) is 10.2. The molecule has 3 aromatic rings. The standard InChI is InChI=1S/C14H12N4O/c19-14-13-11(12(16-17-14)9-6-7-9)8-15-18(13)10-4-2-1-3-5-10/h1-5,8-9H,6-7H2,(H,17,19). The third-order valence-corrected chi connectivity index (χ3v) is 3.50. The van der Waals surface area contributed by atoms with Crippen LogP contribution in [0.15, 0.2) is 41.3 Å². The van der Waals surface area contributed by atoms with Crippen molar-refractivity contribution in [2.45, 2.75) is 18.8 Å². The van der Waals surface area contributed by atoms with Crippen LogP contribution in [0.25, 0.3) is 16.6 Å². The quantitative estimate of drug-likeness (QED) is 0.758. The molecule has 5 nitrogen and oxygen atoms in total. The Morgan fingerprint density at radius 2 is 2.00 bits per heavy atom. The largest absolute Gasteiger partial charge is 0.290 e. The number of aromatic nitrogens is 4. The second kappa shape index (κ2) is 3.78. The molecule has 1 fully saturated rings. The van der Waals surface area contributed by atoms with Gasteiger partial charge in [-0.05, 0) is 25.0 Å². The minimum Gasteiger partial charge on any atom is -0.266 e. The molecule has 19 heavy (non-hydrogen) atoms. The normalized spacial score (nSPS) is 14.9. The molecule has 2 aromatic heterocycles. The Labute approximate surface area is 108 Å². The predicted octanol–water partition coefficient (Wildman–Crippen LogP) is 1.99. The zero-order valence-corrected chi connectivity index (χ0v) is 10.2. The van der Waals surface area contributed by atoms with E-state index in [0.717, 1.165) is 29.6 Å². The van der Waals surface area contributed by atoms with Crippen LogP contribution in [0.2, 0.25) is 0 Å². The highest BCUT2D eigenvalue weighted by molar-refractivity contribution is 5.82. The average Bonchev–Trinajstić information content (AvgIpc) is 3.18. The Morgan fingerprint density at radius 1 is 1.21 bits per heavy atom. The highest BCUT2D eigenvalue weighted by atomic mass is 16.1. The molecular weight excluding hydrogens is 240 g/mol. The molecule has 0 aliphatic heterocycles. The zero-order chi connectivity index (χ0) is 12.8. The van der Waals surface area contributed by atoms with Crippen molar-refractivity contribution in [3.8, 4) is 5.69 Å². The molecule has 1 aromatic carbocycles. The average molecular weight is 252 g/mol. The first kappa shape index (κ1) is 10.5. The Kier molecular flexibility index (Phi) is 2.09. The predicted molar refractivity (Wildman–Crippen MR) is 71.5 cm³/mol. The van der Waals surface area contributed by atoms with Crippen LogP contribution >= 0.6 is 0 Å². The van der Waals surface area contributed by atoms with E-state index >= 15 is 0 Å². The van der Waals surface area contributed by atoms with E-state index in [-0.39, 0.29) is 5.56 Å². The maximum Gasteiger partial charge on any atom is 0.290 e. The molecule has 0 bridgehead atoms. The summed E-state index contributed by atoms with van der Waals surface area (Å²) < 4.78 is 1.68. The Morgan fingerprint density at radius 3 is 2.74 bits per heavy atom. The van der Waals surface area contributed by atoms with Crippen LogP contribution in [-0.2, 0) is 0 Å². The van der Waals surface area contributed by atoms with Gasteiger partial charge >= 0.3 is 0 Å². The second-order valence-corrected chi connectivity index (χ2v) is 4.87. The highest BCUT2D eigenvalue weighted by Crippen LogP contribution is 2.41. The Balaban J connectivity index is 2.03. The van der Waals surface area contributed by atoms with Crippen LogP contribution in [0, 0.1) is 0 Å². The minimum absolute atomic E-state index is 0.194. The lowest BCUT2D eigenvalue weighted by Crippen LogP contribution is -2.14. The summed E-state index contributed by atoms with van der Waals surface area (Å²) in [6.45, 7) is 0. The van der Waals surface area contributed by atoms with E-state index in [9.17, 15) is 4.79 Å². The van der Waals surface area contributed by atoms with Crippen molar-refractivity contribution in [2.24, 2.45) is 0 Å². The Hall–Kier alpha value is -2.43. The number of hydrogen-bond donors (Lipinski definition) is 1. The summed E-state index contributed by atoms with van der Waals surface area (Å²) in [5.41, 5.74) is 2.25. The van der Waals surface area contributed by atoms with Crippen molar-refractivity contribution in [1.82, 2.24) is 20.0 Å². The van der Waals surface area contributed by atoms with Gasteiger partial charge in [0.25, 0.3) is 5.56 Å². The van der Waals surface area contributed by atoms with Crippen LogP contribution in [0.4, 0.5) is 0 Å². The van der Waals surface area contributed by atoms with E-state index in [0.29, 0.717) is 11.4 Å². The van der Waals surface area contributed by atoms with Gasteiger partial charge in [0.05, 0.1) is 17.6 Å². The molecule has 0 saturated heterocycles. The molecule has 1 aliphatic carbocycles. The summed E-state index contributed by atoms with van der Waals surface area (Å²) in [6.07, 6.45) is 4.04. The monoisotopic (exact) mass is 252 g/mol. The third-order valence-electron chi connectivity index (χ3n) is 3.50. The van der Waals surface area contributed by atoms with Crippen LogP contribution in [-0.4, -0.2) is 20.0 Å². The maximum atomic E-state index is 12.1. The first-order valence-electron chi connectivity index (χ1n) is 6.36. The first-order valence-corrected chi connectivity index (χ1v) is 6.36. The first-order chi connectivity index (χ1) is 9.34.